The number of rotatable bonds is 11. The molecule has 2 atom stereocenters. The van der Waals surface area contributed by atoms with Crippen LogP contribution in [-0.4, -0.2) is 66.4 Å². The van der Waals surface area contributed by atoms with Gasteiger partial charge < -0.3 is 10.2 Å². The monoisotopic (exact) mass is 386 g/mol. The molecular weight excluding hydrogens is 352 g/mol. The molecule has 0 aliphatic heterocycles. The molecule has 2 nitrogen and oxygen atoms in total. The van der Waals surface area contributed by atoms with E-state index >= 15 is 0 Å². The van der Waals surface area contributed by atoms with Crippen molar-refractivity contribution in [1.29, 1.82) is 0 Å². The molecule has 0 aliphatic carbocycles. The van der Waals surface area contributed by atoms with Gasteiger partial charge in [0, 0.05) is 44.0 Å². The molecule has 0 heterocycles. The molecule has 0 radical (unpaired) electrons. The van der Waals surface area contributed by atoms with Crippen LogP contribution in [0.5, 0.6) is 0 Å². The van der Waals surface area contributed by atoms with Crippen molar-refractivity contribution >= 4 is 47.0 Å². The molecule has 0 saturated heterocycles. The fraction of sp³-hybridized carbons (Fsp3) is 1.00. The van der Waals surface area contributed by atoms with Crippen LogP contribution in [0, 0.1) is 0 Å². The van der Waals surface area contributed by atoms with Gasteiger partial charge in [0.2, 0.25) is 0 Å². The third kappa shape index (κ3) is 17.7. The maximum Gasteiger partial charge on any atom is 0.0721 e. The van der Waals surface area contributed by atoms with Gasteiger partial charge in [-0.05, 0) is 0 Å². The minimum atomic E-state index is -0.215. The Morgan fingerprint density at radius 2 is 0.955 bits per heavy atom. The van der Waals surface area contributed by atoms with Gasteiger partial charge in [0.1, 0.15) is 0 Å². The average molecular weight is 387 g/mol. The predicted octanol–water partition coefficient (Wildman–Crippen LogP) is 4.24. The van der Waals surface area contributed by atoms with E-state index in [0.717, 1.165) is 34.5 Å². The Kier molecular flexibility index (Phi) is 12.5. The van der Waals surface area contributed by atoms with Crippen LogP contribution in [0.25, 0.3) is 0 Å². The molecule has 0 aliphatic rings. The standard InChI is InChI=1S/C16H34O2S4/c1-15(2,3)21-11-13(17)9-19-7-8-20-10-14(18)12-22-16(4,5)6/h13-14,17-18H,7-12H2,1-6H3. The van der Waals surface area contributed by atoms with Gasteiger partial charge in [-0.2, -0.15) is 47.0 Å². The van der Waals surface area contributed by atoms with Crippen molar-refractivity contribution in [2.75, 3.05) is 34.5 Å². The number of hydrogen-bond acceptors (Lipinski definition) is 6. The van der Waals surface area contributed by atoms with Crippen LogP contribution in [0.3, 0.4) is 0 Å². The Bertz CT molecular complexity index is 246. The molecule has 0 spiro atoms. The zero-order chi connectivity index (χ0) is 17.2. The van der Waals surface area contributed by atoms with Crippen molar-refractivity contribution in [3.8, 4) is 0 Å². The van der Waals surface area contributed by atoms with Gasteiger partial charge in [0.25, 0.3) is 0 Å². The van der Waals surface area contributed by atoms with Gasteiger partial charge in [-0.1, -0.05) is 41.5 Å². The van der Waals surface area contributed by atoms with Crippen molar-refractivity contribution in [1.82, 2.24) is 0 Å². The van der Waals surface area contributed by atoms with E-state index in [1.165, 1.54) is 0 Å². The maximum atomic E-state index is 9.91. The molecule has 2 unspecified atom stereocenters. The molecule has 0 saturated carbocycles. The van der Waals surface area contributed by atoms with Gasteiger partial charge in [-0.3, -0.25) is 0 Å². The summed E-state index contributed by atoms with van der Waals surface area (Å²) in [6.45, 7) is 13.1. The second-order valence-corrected chi connectivity index (χ2v) is 13.3. The lowest BCUT2D eigenvalue weighted by molar-refractivity contribution is 0.224. The molecule has 0 aromatic rings. The van der Waals surface area contributed by atoms with E-state index in [2.05, 4.69) is 41.5 Å². The molecule has 0 bridgehead atoms. The summed E-state index contributed by atoms with van der Waals surface area (Å²) in [6.07, 6.45) is -0.430. The Morgan fingerprint density at radius 3 is 1.23 bits per heavy atom. The molecule has 0 aromatic carbocycles. The van der Waals surface area contributed by atoms with Crippen LogP contribution in [0.4, 0.5) is 0 Å². The zero-order valence-corrected chi connectivity index (χ0v) is 18.2. The molecule has 134 valence electrons. The Labute approximate surface area is 154 Å². The van der Waals surface area contributed by atoms with E-state index in [4.69, 9.17) is 0 Å². The number of hydrogen-bond donors (Lipinski definition) is 2. The fourth-order valence-corrected chi connectivity index (χ4v) is 5.32. The van der Waals surface area contributed by atoms with Crippen molar-refractivity contribution in [3.63, 3.8) is 0 Å². The highest BCUT2D eigenvalue weighted by atomic mass is 32.2. The summed E-state index contributed by atoms with van der Waals surface area (Å²) < 4.78 is 0.450. The molecule has 0 rings (SSSR count). The normalized spacial score (nSPS) is 15.8. The van der Waals surface area contributed by atoms with Gasteiger partial charge in [-0.25, -0.2) is 0 Å². The van der Waals surface area contributed by atoms with Crippen LogP contribution in [-0.2, 0) is 0 Å². The van der Waals surface area contributed by atoms with E-state index in [-0.39, 0.29) is 21.7 Å². The van der Waals surface area contributed by atoms with Crippen LogP contribution < -0.4 is 0 Å². The van der Waals surface area contributed by atoms with E-state index in [1.807, 2.05) is 47.0 Å². The lowest BCUT2D eigenvalue weighted by atomic mass is 10.3. The summed E-state index contributed by atoms with van der Waals surface area (Å²) >= 11 is 7.26. The summed E-state index contributed by atoms with van der Waals surface area (Å²) in [4.78, 5) is 0. The lowest BCUT2D eigenvalue weighted by Gasteiger charge is -2.20. The maximum absolute atomic E-state index is 9.91. The Balaban J connectivity index is 3.46. The van der Waals surface area contributed by atoms with Gasteiger partial charge in [0.15, 0.2) is 0 Å². The summed E-state index contributed by atoms with van der Waals surface area (Å²) in [5.41, 5.74) is 0. The zero-order valence-electron chi connectivity index (χ0n) is 14.9. The van der Waals surface area contributed by atoms with Crippen molar-refractivity contribution < 1.29 is 10.2 Å². The van der Waals surface area contributed by atoms with Gasteiger partial charge in [0.05, 0.1) is 12.2 Å². The summed E-state index contributed by atoms with van der Waals surface area (Å²) in [6, 6.07) is 0. The first-order chi connectivity index (χ1) is 9.99. The highest BCUT2D eigenvalue weighted by molar-refractivity contribution is 8.03. The molecule has 2 N–H and O–H groups in total. The first kappa shape index (κ1) is 23.3. The molecule has 0 amide bonds. The van der Waals surface area contributed by atoms with E-state index in [9.17, 15) is 10.2 Å². The van der Waals surface area contributed by atoms with Gasteiger partial charge in [-0.15, -0.1) is 0 Å². The largest absolute Gasteiger partial charge is 0.391 e. The van der Waals surface area contributed by atoms with Crippen LogP contribution in [0.2, 0.25) is 0 Å². The first-order valence-electron chi connectivity index (χ1n) is 7.79. The second kappa shape index (κ2) is 11.8. The van der Waals surface area contributed by atoms with Crippen LogP contribution in [0.1, 0.15) is 41.5 Å². The quantitative estimate of drug-likeness (QED) is 0.518. The SMILES string of the molecule is CC(C)(C)SCC(O)CSCCSCC(O)CSC(C)(C)C. The molecule has 0 aromatic heterocycles. The minimum Gasteiger partial charge on any atom is -0.391 e. The fourth-order valence-electron chi connectivity index (χ4n) is 1.35. The molecule has 0 fully saturated rings. The van der Waals surface area contributed by atoms with Crippen molar-refractivity contribution in [3.05, 3.63) is 0 Å². The smallest absolute Gasteiger partial charge is 0.0721 e. The Hall–Kier alpha value is 1.32. The second-order valence-electron chi connectivity index (χ2n) is 7.30. The topological polar surface area (TPSA) is 40.5 Å². The summed E-state index contributed by atoms with van der Waals surface area (Å²) in [7, 11) is 0. The Morgan fingerprint density at radius 1 is 0.636 bits per heavy atom. The molecule has 6 heteroatoms. The third-order valence-electron chi connectivity index (χ3n) is 2.41. The highest BCUT2D eigenvalue weighted by Crippen LogP contribution is 2.25. The van der Waals surface area contributed by atoms with Crippen LogP contribution in [0.15, 0.2) is 0 Å². The minimum absolute atomic E-state index is 0.215. The molecular formula is C16H34O2S4. The van der Waals surface area contributed by atoms with Crippen molar-refractivity contribution in [2.24, 2.45) is 0 Å². The van der Waals surface area contributed by atoms with E-state index < -0.39 is 0 Å². The number of thioether (sulfide) groups is 4. The van der Waals surface area contributed by atoms with Crippen LogP contribution >= 0.6 is 47.0 Å². The third-order valence-corrected chi connectivity index (χ3v) is 7.73. The lowest BCUT2D eigenvalue weighted by Crippen LogP contribution is -2.19. The highest BCUT2D eigenvalue weighted by Gasteiger charge is 2.15. The molecule has 22 heavy (non-hydrogen) atoms. The first-order valence-corrected chi connectivity index (χ1v) is 12.1. The predicted molar refractivity (Wildman–Crippen MR) is 111 cm³/mol. The number of aliphatic hydroxyl groups excluding tert-OH is 2. The van der Waals surface area contributed by atoms with E-state index in [0.29, 0.717) is 0 Å². The van der Waals surface area contributed by atoms with E-state index in [1.54, 1.807) is 0 Å². The number of aliphatic hydroxyl groups is 2. The van der Waals surface area contributed by atoms with Crippen molar-refractivity contribution in [2.45, 2.75) is 63.2 Å². The summed E-state index contributed by atoms with van der Waals surface area (Å²) in [5.74, 6) is 5.33. The average Bonchev–Trinajstić information content (AvgIpc) is 2.36. The van der Waals surface area contributed by atoms with Gasteiger partial charge >= 0.3 is 0 Å². The summed E-state index contributed by atoms with van der Waals surface area (Å²) in [5, 5.41) is 19.8.